The first-order chi connectivity index (χ1) is 20.1. The van der Waals surface area contributed by atoms with Gasteiger partial charge in [-0.3, -0.25) is 19.1 Å². The first kappa shape index (κ1) is 30.7. The number of carbonyl (C=O) groups is 1. The van der Waals surface area contributed by atoms with E-state index in [0.717, 1.165) is 64.4 Å². The first-order valence-corrected chi connectivity index (χ1v) is 14.6. The molecule has 0 saturated carbocycles. The predicted octanol–water partition coefficient (Wildman–Crippen LogP) is 5.36. The second-order valence-corrected chi connectivity index (χ2v) is 10.7. The smallest absolute Gasteiger partial charge is 0.271 e. The summed E-state index contributed by atoms with van der Waals surface area (Å²) in [5, 5.41) is 3.97. The summed E-state index contributed by atoms with van der Waals surface area (Å²) < 4.78 is 3.81. The molecule has 9 heteroatoms. The second-order valence-electron chi connectivity index (χ2n) is 10.7. The molecule has 0 saturated heterocycles. The van der Waals surface area contributed by atoms with Crippen molar-refractivity contribution in [3.8, 4) is 5.69 Å². The highest BCUT2D eigenvalue weighted by Crippen LogP contribution is 2.33. The number of hydrogen-bond acceptors (Lipinski definition) is 6. The predicted molar refractivity (Wildman–Crippen MR) is 172 cm³/mol. The van der Waals surface area contributed by atoms with Crippen molar-refractivity contribution in [2.24, 2.45) is 7.05 Å². The van der Waals surface area contributed by atoms with Gasteiger partial charge in [0.1, 0.15) is 11.3 Å². The van der Waals surface area contributed by atoms with Crippen LogP contribution in [0.4, 0.5) is 5.69 Å². The summed E-state index contributed by atoms with van der Waals surface area (Å²) >= 11 is 0. The molecule has 0 radical (unpaired) electrons. The molecule has 1 aliphatic heterocycles. The Kier molecular flexibility index (Phi) is 9.31. The zero-order valence-electron chi connectivity index (χ0n) is 26.3. The van der Waals surface area contributed by atoms with Crippen LogP contribution in [0.25, 0.3) is 22.3 Å². The van der Waals surface area contributed by atoms with Gasteiger partial charge in [-0.25, -0.2) is 9.97 Å². The van der Waals surface area contributed by atoms with Crippen LogP contribution in [-0.2, 0) is 7.05 Å². The molecule has 0 bridgehead atoms. The van der Waals surface area contributed by atoms with E-state index in [4.69, 9.17) is 0 Å². The number of aromatic nitrogens is 4. The zero-order chi connectivity index (χ0) is 30.7. The summed E-state index contributed by atoms with van der Waals surface area (Å²) in [6.45, 7) is 12.0. The number of fused-ring (bicyclic) bond motifs is 1. The molecule has 0 spiro atoms. The van der Waals surface area contributed by atoms with E-state index in [0.29, 0.717) is 5.69 Å². The van der Waals surface area contributed by atoms with Crippen molar-refractivity contribution in [3.05, 3.63) is 87.4 Å². The fourth-order valence-corrected chi connectivity index (χ4v) is 5.78. The summed E-state index contributed by atoms with van der Waals surface area (Å²) in [4.78, 5) is 38.6. The Hall–Kier alpha value is -4.24. The van der Waals surface area contributed by atoms with Crippen molar-refractivity contribution in [1.82, 2.24) is 28.9 Å². The molecule has 5 rings (SSSR count). The molecule has 42 heavy (non-hydrogen) atoms. The Balaban J connectivity index is 0.00000198. The third-order valence-electron chi connectivity index (χ3n) is 7.97. The van der Waals surface area contributed by atoms with Crippen molar-refractivity contribution >= 4 is 28.2 Å². The van der Waals surface area contributed by atoms with Gasteiger partial charge < -0.3 is 14.8 Å². The fraction of sp³-hybridized carbons (Fsp3) is 0.394. The minimum atomic E-state index is -0.0920. The lowest BCUT2D eigenvalue weighted by Crippen LogP contribution is -2.32. The van der Waals surface area contributed by atoms with E-state index in [1.807, 2.05) is 46.0 Å². The number of rotatable bonds is 6. The van der Waals surface area contributed by atoms with E-state index in [-0.39, 0.29) is 17.5 Å². The summed E-state index contributed by atoms with van der Waals surface area (Å²) in [7, 11) is 7.33. The van der Waals surface area contributed by atoms with E-state index in [1.54, 1.807) is 49.1 Å². The maximum atomic E-state index is 12.9. The largest absolute Gasteiger partial charge is 0.388 e. The van der Waals surface area contributed by atoms with E-state index < -0.39 is 0 Å². The molecule has 0 aliphatic carbocycles. The van der Waals surface area contributed by atoms with Crippen LogP contribution in [0.2, 0.25) is 0 Å². The number of anilines is 1. The number of carbonyl (C=O) groups excluding carboxylic acids is 1. The van der Waals surface area contributed by atoms with Crippen molar-refractivity contribution in [2.45, 2.75) is 47.1 Å². The number of pyridine rings is 3. The molecule has 1 amide bonds. The van der Waals surface area contributed by atoms with Gasteiger partial charge in [-0.1, -0.05) is 19.9 Å². The van der Waals surface area contributed by atoms with Gasteiger partial charge in [-0.15, -0.1) is 0 Å². The lowest BCUT2D eigenvalue weighted by Gasteiger charge is -2.32. The number of amides is 1. The zero-order valence-corrected chi connectivity index (χ0v) is 26.3. The molecule has 1 aliphatic rings. The van der Waals surface area contributed by atoms with Crippen LogP contribution in [0.3, 0.4) is 0 Å². The number of nitrogens with one attached hydrogen (secondary N) is 1. The van der Waals surface area contributed by atoms with Gasteiger partial charge in [-0.2, -0.15) is 0 Å². The van der Waals surface area contributed by atoms with Gasteiger partial charge in [0.05, 0.1) is 5.69 Å². The van der Waals surface area contributed by atoms with Gasteiger partial charge in [0.2, 0.25) is 0 Å². The van der Waals surface area contributed by atoms with Crippen LogP contribution < -0.4 is 10.9 Å². The average molecular weight is 570 g/mol. The molecule has 9 nitrogen and oxygen atoms in total. The van der Waals surface area contributed by atoms with Gasteiger partial charge in [-0.05, 0) is 62.6 Å². The fourth-order valence-electron chi connectivity index (χ4n) is 5.78. The number of aryl methyl sites for hydroxylation is 3. The van der Waals surface area contributed by atoms with Crippen molar-refractivity contribution < 1.29 is 4.79 Å². The topological polar surface area (TPSA) is 88.3 Å². The van der Waals surface area contributed by atoms with E-state index >= 15 is 0 Å². The Labute approximate surface area is 248 Å². The highest BCUT2D eigenvalue weighted by atomic mass is 16.2. The minimum Gasteiger partial charge on any atom is -0.388 e. The van der Waals surface area contributed by atoms with Crippen LogP contribution in [0.15, 0.2) is 53.6 Å². The maximum absolute atomic E-state index is 12.9. The highest BCUT2D eigenvalue weighted by Gasteiger charge is 2.25. The van der Waals surface area contributed by atoms with Crippen LogP contribution in [0.5, 0.6) is 0 Å². The van der Waals surface area contributed by atoms with Crippen LogP contribution in [0.1, 0.15) is 66.2 Å². The SMILES string of the molecule is CC.CNc1ccn(-c2ccnc3c2cc(C(C)N2CC=C(c4c(C)cc(C(=O)N(C)C)nc4C)CC2)n3C)c(=O)c1. The summed E-state index contributed by atoms with van der Waals surface area (Å²) in [5.74, 6) is -0.0807. The Morgan fingerprint density at radius 2 is 1.86 bits per heavy atom. The third kappa shape index (κ3) is 5.74. The van der Waals surface area contributed by atoms with E-state index in [2.05, 4.69) is 50.7 Å². The lowest BCUT2D eigenvalue weighted by molar-refractivity contribution is 0.0821. The minimum absolute atomic E-state index is 0.0807. The van der Waals surface area contributed by atoms with Gasteiger partial charge in [0, 0.05) is 93.8 Å². The summed E-state index contributed by atoms with van der Waals surface area (Å²) in [6.07, 6.45) is 6.75. The summed E-state index contributed by atoms with van der Waals surface area (Å²) in [6, 6.07) is 9.60. The summed E-state index contributed by atoms with van der Waals surface area (Å²) in [5.41, 5.74) is 8.39. The number of nitrogens with zero attached hydrogens (tertiary/aromatic N) is 6. The molecule has 4 aromatic rings. The normalized spacial score (nSPS) is 14.2. The quantitative estimate of drug-likeness (QED) is 0.337. The molecular weight excluding hydrogens is 526 g/mol. The molecule has 1 atom stereocenters. The average Bonchev–Trinajstić information content (AvgIpc) is 3.33. The molecule has 5 heterocycles. The van der Waals surface area contributed by atoms with E-state index in [9.17, 15) is 9.59 Å². The molecular formula is C33H43N7O2. The molecule has 0 aromatic carbocycles. The molecule has 222 valence electrons. The standard InChI is InChI=1S/C31H37N7O2.C2H6/c1-19-16-25(31(40)35(5)6)34-20(2)29(19)22-9-13-37(14-10-22)21(3)27-18-24-26(8-12-33-30(24)36(27)7)38-15-11-23(32-4)17-28(38)39;1-2/h8-9,11-12,15-18,21,32H,10,13-14H2,1-7H3;1-2H3. The molecule has 4 aromatic heterocycles. The van der Waals surface area contributed by atoms with Crippen molar-refractivity contribution in [2.75, 3.05) is 39.5 Å². The van der Waals surface area contributed by atoms with Gasteiger partial charge in [0.15, 0.2) is 0 Å². The Morgan fingerprint density at radius 1 is 1.12 bits per heavy atom. The number of hydrogen-bond donors (Lipinski definition) is 1. The van der Waals surface area contributed by atoms with E-state index in [1.165, 1.54) is 5.57 Å². The Bertz CT molecular complexity index is 1670. The lowest BCUT2D eigenvalue weighted by atomic mass is 9.93. The molecule has 1 unspecified atom stereocenters. The molecule has 1 N–H and O–H groups in total. The maximum Gasteiger partial charge on any atom is 0.271 e. The van der Waals surface area contributed by atoms with Gasteiger partial charge in [0.25, 0.3) is 11.5 Å². The second kappa shape index (κ2) is 12.7. The van der Waals surface area contributed by atoms with Gasteiger partial charge >= 0.3 is 0 Å². The van der Waals surface area contributed by atoms with Crippen LogP contribution >= 0.6 is 0 Å². The van der Waals surface area contributed by atoms with Crippen molar-refractivity contribution in [3.63, 3.8) is 0 Å². The third-order valence-corrected chi connectivity index (χ3v) is 7.97. The highest BCUT2D eigenvalue weighted by molar-refractivity contribution is 5.92. The van der Waals surface area contributed by atoms with Crippen molar-refractivity contribution in [1.29, 1.82) is 0 Å². The van der Waals surface area contributed by atoms with Crippen LogP contribution in [0, 0.1) is 13.8 Å². The first-order valence-electron chi connectivity index (χ1n) is 14.6. The van der Waals surface area contributed by atoms with Crippen LogP contribution in [-0.4, -0.2) is 69.0 Å². The Morgan fingerprint density at radius 3 is 2.45 bits per heavy atom. The monoisotopic (exact) mass is 569 g/mol. The molecule has 0 fully saturated rings.